The van der Waals surface area contributed by atoms with Gasteiger partial charge in [-0.25, -0.2) is 0 Å². The molecule has 0 aliphatic carbocycles. The lowest BCUT2D eigenvalue weighted by molar-refractivity contribution is 0.0821. The van der Waals surface area contributed by atoms with Gasteiger partial charge >= 0.3 is 0 Å². The van der Waals surface area contributed by atoms with Gasteiger partial charge < -0.3 is 10.2 Å². The molecule has 0 saturated heterocycles. The van der Waals surface area contributed by atoms with Crippen molar-refractivity contribution in [1.29, 1.82) is 0 Å². The first-order valence-electron chi connectivity index (χ1n) is 6.35. The monoisotopic (exact) mass is 290 g/mol. The zero-order valence-corrected chi connectivity index (χ0v) is 12.9. The molecule has 2 heterocycles. The number of thiophene rings is 1. The van der Waals surface area contributed by atoms with Crippen LogP contribution in [0.25, 0.3) is 0 Å². The Bertz CT molecular complexity index is 591. The van der Waals surface area contributed by atoms with Gasteiger partial charge in [0.15, 0.2) is 5.69 Å². The number of amides is 1. The molecule has 106 valence electrons. The Labute approximate surface area is 122 Å². The Morgan fingerprint density at radius 1 is 1.25 bits per heavy atom. The molecule has 0 fully saturated rings. The minimum absolute atomic E-state index is 0.147. The van der Waals surface area contributed by atoms with Gasteiger partial charge in [-0.15, -0.1) is 21.5 Å². The second-order valence-electron chi connectivity index (χ2n) is 4.82. The van der Waals surface area contributed by atoms with Crippen LogP contribution >= 0.6 is 11.3 Å². The third-order valence-corrected chi connectivity index (χ3v) is 4.03. The van der Waals surface area contributed by atoms with E-state index in [-0.39, 0.29) is 11.9 Å². The third kappa shape index (κ3) is 3.33. The summed E-state index contributed by atoms with van der Waals surface area (Å²) in [6.45, 7) is 4.16. The highest BCUT2D eigenvalue weighted by atomic mass is 32.1. The van der Waals surface area contributed by atoms with Crippen LogP contribution in [0, 0.1) is 6.92 Å². The number of carbonyl (C=O) groups excluding carboxylic acids is 1. The molecule has 0 spiro atoms. The highest BCUT2D eigenvalue weighted by Crippen LogP contribution is 2.24. The van der Waals surface area contributed by atoms with Gasteiger partial charge in [-0.1, -0.05) is 0 Å². The number of hydrogen-bond donors (Lipinski definition) is 1. The van der Waals surface area contributed by atoms with Crippen molar-refractivity contribution in [2.45, 2.75) is 19.9 Å². The van der Waals surface area contributed by atoms with Crippen LogP contribution in [0.3, 0.4) is 0 Å². The Kier molecular flexibility index (Phi) is 4.34. The smallest absolute Gasteiger partial charge is 0.273 e. The van der Waals surface area contributed by atoms with E-state index in [0.29, 0.717) is 11.5 Å². The highest BCUT2D eigenvalue weighted by Gasteiger charge is 2.12. The summed E-state index contributed by atoms with van der Waals surface area (Å²) < 4.78 is 0. The van der Waals surface area contributed by atoms with Crippen molar-refractivity contribution in [1.82, 2.24) is 15.1 Å². The lowest BCUT2D eigenvalue weighted by Crippen LogP contribution is -2.23. The van der Waals surface area contributed by atoms with E-state index in [9.17, 15) is 4.79 Å². The summed E-state index contributed by atoms with van der Waals surface area (Å²) in [5.74, 6) is 0.518. The maximum absolute atomic E-state index is 11.7. The van der Waals surface area contributed by atoms with Gasteiger partial charge in [0.1, 0.15) is 5.82 Å². The molecule has 0 bridgehead atoms. The molecule has 0 aromatic carbocycles. The molecule has 1 atom stereocenters. The first kappa shape index (κ1) is 14.5. The summed E-state index contributed by atoms with van der Waals surface area (Å²) in [7, 11) is 3.38. The third-order valence-electron chi connectivity index (χ3n) is 2.84. The van der Waals surface area contributed by atoms with E-state index in [4.69, 9.17) is 0 Å². The van der Waals surface area contributed by atoms with Crippen LogP contribution < -0.4 is 5.32 Å². The van der Waals surface area contributed by atoms with E-state index in [1.807, 2.05) is 0 Å². The molecule has 0 saturated carbocycles. The zero-order valence-electron chi connectivity index (χ0n) is 12.0. The van der Waals surface area contributed by atoms with Gasteiger partial charge in [-0.05, 0) is 38.1 Å². The standard InChI is InChI=1S/C14H18N4OS/c1-9-5-7-12(20-9)10(2)15-13-8-6-11(16-17-13)14(19)18(3)4/h5-8,10H,1-4H3,(H,15,17). The van der Waals surface area contributed by atoms with Crippen LogP contribution in [-0.4, -0.2) is 35.1 Å². The summed E-state index contributed by atoms with van der Waals surface area (Å²) in [5, 5.41) is 11.3. The van der Waals surface area contributed by atoms with Crippen molar-refractivity contribution in [3.8, 4) is 0 Å². The molecule has 6 heteroatoms. The SMILES string of the molecule is Cc1ccc(C(C)Nc2ccc(C(=O)N(C)C)nn2)s1. The van der Waals surface area contributed by atoms with Gasteiger partial charge in [-0.3, -0.25) is 4.79 Å². The number of carbonyl (C=O) groups is 1. The number of aryl methyl sites for hydroxylation is 1. The van der Waals surface area contributed by atoms with Crippen molar-refractivity contribution in [2.24, 2.45) is 0 Å². The summed E-state index contributed by atoms with van der Waals surface area (Å²) in [4.78, 5) is 15.7. The largest absolute Gasteiger partial charge is 0.361 e. The maximum Gasteiger partial charge on any atom is 0.273 e. The quantitative estimate of drug-likeness (QED) is 0.940. The second kappa shape index (κ2) is 6.00. The van der Waals surface area contributed by atoms with Crippen LogP contribution in [0.4, 0.5) is 5.82 Å². The molecule has 1 amide bonds. The van der Waals surface area contributed by atoms with Crippen LogP contribution in [0.1, 0.15) is 33.2 Å². The predicted molar refractivity (Wildman–Crippen MR) is 81.1 cm³/mol. The van der Waals surface area contributed by atoms with E-state index in [2.05, 4.69) is 41.5 Å². The number of nitrogens with zero attached hydrogens (tertiary/aromatic N) is 3. The first-order valence-corrected chi connectivity index (χ1v) is 7.17. The molecule has 5 nitrogen and oxygen atoms in total. The minimum atomic E-state index is -0.147. The molecule has 2 aromatic rings. The van der Waals surface area contributed by atoms with Crippen LogP contribution in [0.2, 0.25) is 0 Å². The number of anilines is 1. The summed E-state index contributed by atoms with van der Waals surface area (Å²) in [6, 6.07) is 7.83. The Morgan fingerprint density at radius 2 is 2.00 bits per heavy atom. The van der Waals surface area contributed by atoms with Gasteiger partial charge in [0.25, 0.3) is 5.91 Å². The fraction of sp³-hybridized carbons (Fsp3) is 0.357. The number of rotatable bonds is 4. The lowest BCUT2D eigenvalue weighted by Gasteiger charge is -2.13. The van der Waals surface area contributed by atoms with Crippen molar-refractivity contribution >= 4 is 23.1 Å². The molecular weight excluding hydrogens is 272 g/mol. The number of aromatic nitrogens is 2. The minimum Gasteiger partial charge on any atom is -0.361 e. The van der Waals surface area contributed by atoms with Crippen molar-refractivity contribution < 1.29 is 4.79 Å². The normalized spacial score (nSPS) is 12.0. The van der Waals surface area contributed by atoms with Crippen LogP contribution in [-0.2, 0) is 0 Å². The van der Waals surface area contributed by atoms with Crippen molar-refractivity contribution in [3.05, 3.63) is 39.7 Å². The summed E-state index contributed by atoms with van der Waals surface area (Å²) >= 11 is 1.76. The fourth-order valence-corrected chi connectivity index (χ4v) is 2.61. The van der Waals surface area contributed by atoms with Crippen molar-refractivity contribution in [2.75, 3.05) is 19.4 Å². The van der Waals surface area contributed by atoms with Gasteiger partial charge in [0, 0.05) is 23.8 Å². The topological polar surface area (TPSA) is 58.1 Å². The molecular formula is C14H18N4OS. The van der Waals surface area contributed by atoms with Crippen LogP contribution in [0.5, 0.6) is 0 Å². The van der Waals surface area contributed by atoms with Crippen molar-refractivity contribution in [3.63, 3.8) is 0 Å². The average molecular weight is 290 g/mol. The van der Waals surface area contributed by atoms with Crippen LogP contribution in [0.15, 0.2) is 24.3 Å². The highest BCUT2D eigenvalue weighted by molar-refractivity contribution is 7.12. The Balaban J connectivity index is 2.05. The van der Waals surface area contributed by atoms with E-state index < -0.39 is 0 Å². The summed E-state index contributed by atoms with van der Waals surface area (Å²) in [6.07, 6.45) is 0. The molecule has 2 aromatic heterocycles. The zero-order chi connectivity index (χ0) is 14.7. The Hall–Kier alpha value is -1.95. The maximum atomic E-state index is 11.7. The molecule has 20 heavy (non-hydrogen) atoms. The van der Waals surface area contributed by atoms with Gasteiger partial charge in [0.05, 0.1) is 6.04 Å². The molecule has 1 N–H and O–H groups in total. The predicted octanol–water partition coefficient (Wildman–Crippen LogP) is 2.72. The average Bonchev–Trinajstić information content (AvgIpc) is 2.85. The van der Waals surface area contributed by atoms with E-state index in [0.717, 1.165) is 0 Å². The first-order chi connectivity index (χ1) is 9.47. The van der Waals surface area contributed by atoms with Gasteiger partial charge in [-0.2, -0.15) is 0 Å². The van der Waals surface area contributed by atoms with Gasteiger partial charge in [0.2, 0.25) is 0 Å². The van der Waals surface area contributed by atoms with E-state index in [1.54, 1.807) is 37.6 Å². The molecule has 0 aliphatic rings. The summed E-state index contributed by atoms with van der Waals surface area (Å²) in [5.41, 5.74) is 0.347. The van der Waals surface area contributed by atoms with E-state index in [1.165, 1.54) is 14.7 Å². The number of nitrogens with one attached hydrogen (secondary N) is 1. The lowest BCUT2D eigenvalue weighted by atomic mass is 10.2. The van der Waals surface area contributed by atoms with E-state index >= 15 is 0 Å². The molecule has 0 aliphatic heterocycles. The number of hydrogen-bond acceptors (Lipinski definition) is 5. The molecule has 0 radical (unpaired) electrons. The molecule has 1 unspecified atom stereocenters. The second-order valence-corrected chi connectivity index (χ2v) is 6.14. The fourth-order valence-electron chi connectivity index (χ4n) is 1.73. The molecule has 2 rings (SSSR count). The Morgan fingerprint density at radius 3 is 2.50 bits per heavy atom.